The smallest absolute Gasteiger partial charge is 0.740 e. The van der Waals surface area contributed by atoms with Crippen LogP contribution in [0.5, 0.6) is 0 Å². The summed E-state index contributed by atoms with van der Waals surface area (Å²) in [6.07, 6.45) is 0. The minimum Gasteiger partial charge on any atom is -0.740 e. The van der Waals surface area contributed by atoms with Gasteiger partial charge in [-0.15, -0.1) is 0 Å². The Kier molecular flexibility index (Phi) is 14.4. The molecule has 48 valence electrons. The molecule has 0 unspecified atom stereocenters. The predicted octanol–water partition coefficient (Wildman–Crippen LogP) is -9.40. The molecule has 0 N–H and O–H groups in total. The van der Waals surface area contributed by atoms with Crippen LogP contribution in [-0.4, -0.2) is 15.0 Å². The molecule has 9 heteroatoms. The van der Waals surface area contributed by atoms with Gasteiger partial charge in [0.25, 0.3) is 0 Å². The van der Waals surface area contributed by atoms with E-state index in [2.05, 4.69) is 52.8 Å². The van der Waals surface area contributed by atoms with Gasteiger partial charge >= 0.3 is 56.6 Å². The van der Waals surface area contributed by atoms with Crippen molar-refractivity contribution in [2.75, 3.05) is 0 Å². The summed E-state index contributed by atoms with van der Waals surface area (Å²) in [5.74, 6) is 0. The van der Waals surface area contributed by atoms with Crippen molar-refractivity contribution < 1.29 is 56.6 Å². The van der Waals surface area contributed by atoms with E-state index in [0.717, 1.165) is 0 Å². The summed E-state index contributed by atoms with van der Waals surface area (Å²) in [5.41, 5.74) is 0. The van der Waals surface area contributed by atoms with Crippen molar-refractivity contribution in [1.29, 1.82) is 0 Å². The van der Waals surface area contributed by atoms with Crippen molar-refractivity contribution >= 4 is 37.9 Å². The molecule has 0 saturated heterocycles. The van der Waals surface area contributed by atoms with E-state index in [1.165, 1.54) is 0 Å². The first kappa shape index (κ1) is 19.1. The maximum atomic E-state index is 4.59. The normalized spacial score (nSPS) is 7.00. The summed E-state index contributed by atoms with van der Waals surface area (Å²) in [5, 5.41) is 0.500. The quantitative estimate of drug-likeness (QED) is 0.302. The number of hydrogen-bond donors (Lipinski definition) is 0. The van der Waals surface area contributed by atoms with Crippen LogP contribution in [0.2, 0.25) is 0 Å². The summed E-state index contributed by atoms with van der Waals surface area (Å²) in [6.45, 7) is 0. The summed E-state index contributed by atoms with van der Waals surface area (Å²) in [6, 6.07) is 0. The van der Waals surface area contributed by atoms with Gasteiger partial charge in [-0.2, -0.15) is 0 Å². The molecule has 0 aromatic carbocycles. The van der Waals surface area contributed by atoms with E-state index >= 15 is 0 Å². The standard InChI is InChI=1S/C3H3N3S3.3Li/c7-1-4-2(8)6-3(9)5-1;;;/h(H3,4,5,6,7,8,9);;;/q;3*+1/p-3. The van der Waals surface area contributed by atoms with Gasteiger partial charge in [0.15, 0.2) is 0 Å². The van der Waals surface area contributed by atoms with Crippen LogP contribution >= 0.6 is 0 Å². The second-order valence-electron chi connectivity index (χ2n) is 1.18. The van der Waals surface area contributed by atoms with Gasteiger partial charge in [-0.05, 0) is 0 Å². The average molecular weight is 195 g/mol. The summed E-state index contributed by atoms with van der Waals surface area (Å²) >= 11 is 13.8. The molecule has 0 saturated carbocycles. The first-order valence-electron chi connectivity index (χ1n) is 1.95. The Balaban J connectivity index is -0.000000270. The predicted molar refractivity (Wildman–Crippen MR) is 36.7 cm³/mol. The molecule has 1 aromatic heterocycles. The van der Waals surface area contributed by atoms with Crippen LogP contribution in [0.3, 0.4) is 0 Å². The van der Waals surface area contributed by atoms with E-state index in [9.17, 15) is 0 Å². The first-order chi connectivity index (χ1) is 4.18. The van der Waals surface area contributed by atoms with Crippen molar-refractivity contribution in [3.8, 4) is 0 Å². The molecular formula is C3Li3N3S3. The van der Waals surface area contributed by atoms with E-state index in [4.69, 9.17) is 0 Å². The Hall–Kier alpha value is 1.46. The minimum absolute atomic E-state index is 0. The second-order valence-corrected chi connectivity index (χ2v) is 2.28. The largest absolute Gasteiger partial charge is 1.00 e. The van der Waals surface area contributed by atoms with Crippen LogP contribution in [0, 0.1) is 0 Å². The molecule has 0 atom stereocenters. The van der Waals surface area contributed by atoms with Crippen molar-refractivity contribution in [3.63, 3.8) is 0 Å². The van der Waals surface area contributed by atoms with Gasteiger partial charge in [-0.3, -0.25) is 15.0 Å². The zero-order valence-electron chi connectivity index (χ0n) is 7.07. The van der Waals surface area contributed by atoms with E-state index < -0.39 is 0 Å². The number of aromatic nitrogens is 3. The van der Waals surface area contributed by atoms with E-state index in [0.29, 0.717) is 0 Å². The maximum absolute atomic E-state index is 4.59. The van der Waals surface area contributed by atoms with Gasteiger partial charge < -0.3 is 37.9 Å². The molecule has 0 radical (unpaired) electrons. The van der Waals surface area contributed by atoms with Crippen molar-refractivity contribution in [2.45, 2.75) is 15.5 Å². The van der Waals surface area contributed by atoms with Gasteiger partial charge in [0.1, 0.15) is 0 Å². The monoisotopic (exact) mass is 195 g/mol. The molecule has 0 fully saturated rings. The fourth-order valence-electron chi connectivity index (χ4n) is 0.320. The number of nitrogens with zero attached hydrogens (tertiary/aromatic N) is 3. The van der Waals surface area contributed by atoms with Gasteiger partial charge in [-0.25, -0.2) is 0 Å². The zero-order valence-corrected chi connectivity index (χ0v) is 9.52. The SMILES string of the molecule is [Li+].[Li+].[Li+].[S-]c1nc([S-])nc([S-])n1. The summed E-state index contributed by atoms with van der Waals surface area (Å²) in [4.78, 5) is 10.7. The van der Waals surface area contributed by atoms with Crippen molar-refractivity contribution in [3.05, 3.63) is 0 Å². The summed E-state index contributed by atoms with van der Waals surface area (Å²) in [7, 11) is 0. The van der Waals surface area contributed by atoms with Crippen LogP contribution in [0.25, 0.3) is 0 Å². The zero-order chi connectivity index (χ0) is 6.85. The summed E-state index contributed by atoms with van der Waals surface area (Å²) < 4.78 is 0. The molecule has 0 aliphatic carbocycles. The fraction of sp³-hybridized carbons (Fsp3) is 0. The molecule has 0 amide bonds. The third-order valence-corrected chi connectivity index (χ3v) is 1.12. The molecule has 0 aliphatic rings. The van der Waals surface area contributed by atoms with Crippen LogP contribution in [0.1, 0.15) is 0 Å². The average Bonchev–Trinajstić information content (AvgIpc) is 1.59. The van der Waals surface area contributed by atoms with Crippen LogP contribution in [0.4, 0.5) is 0 Å². The molecule has 0 spiro atoms. The van der Waals surface area contributed by atoms with Crippen molar-refractivity contribution in [1.82, 2.24) is 15.0 Å². The Labute approximate surface area is 123 Å². The van der Waals surface area contributed by atoms with E-state index in [1.807, 2.05) is 0 Å². The van der Waals surface area contributed by atoms with Gasteiger partial charge in [-0.1, -0.05) is 0 Å². The van der Waals surface area contributed by atoms with Gasteiger partial charge in [0.2, 0.25) is 0 Å². The Morgan fingerprint density at radius 1 is 0.583 bits per heavy atom. The Morgan fingerprint density at radius 3 is 0.917 bits per heavy atom. The number of rotatable bonds is 0. The third-order valence-electron chi connectivity index (χ3n) is 0.574. The third kappa shape index (κ3) is 6.92. The second kappa shape index (κ2) is 9.03. The topological polar surface area (TPSA) is 38.7 Å². The number of hydrogen-bond acceptors (Lipinski definition) is 6. The molecule has 1 aromatic rings. The van der Waals surface area contributed by atoms with Crippen LogP contribution in [-0.2, 0) is 37.9 Å². The Bertz CT molecular complexity index is 185. The van der Waals surface area contributed by atoms with E-state index in [-0.39, 0.29) is 72.1 Å². The maximum Gasteiger partial charge on any atom is 1.00 e. The fourth-order valence-corrected chi connectivity index (χ4v) is 1.01. The van der Waals surface area contributed by atoms with E-state index in [1.54, 1.807) is 0 Å². The molecule has 1 heterocycles. The van der Waals surface area contributed by atoms with Crippen LogP contribution < -0.4 is 56.6 Å². The van der Waals surface area contributed by atoms with Gasteiger partial charge in [0, 0.05) is 15.5 Å². The Morgan fingerprint density at radius 2 is 0.750 bits per heavy atom. The van der Waals surface area contributed by atoms with Crippen molar-refractivity contribution in [2.24, 2.45) is 0 Å². The molecule has 1 rings (SSSR count). The van der Waals surface area contributed by atoms with Gasteiger partial charge in [0.05, 0.1) is 0 Å². The molecule has 0 bridgehead atoms. The van der Waals surface area contributed by atoms with Crippen LogP contribution in [0.15, 0.2) is 15.5 Å². The molecule has 3 nitrogen and oxygen atoms in total. The molecular weight excluding hydrogens is 195 g/mol. The molecule has 12 heavy (non-hydrogen) atoms. The first-order valence-corrected chi connectivity index (χ1v) is 3.18. The minimum atomic E-state index is 0. The molecule has 0 aliphatic heterocycles.